The second kappa shape index (κ2) is 9.12. The van der Waals surface area contributed by atoms with Crippen molar-refractivity contribution in [3.8, 4) is 0 Å². The van der Waals surface area contributed by atoms with E-state index >= 15 is 0 Å². The fourth-order valence-corrected chi connectivity index (χ4v) is 3.11. The lowest BCUT2D eigenvalue weighted by molar-refractivity contribution is 0.0952. The van der Waals surface area contributed by atoms with Gasteiger partial charge >= 0.3 is 0 Å². The van der Waals surface area contributed by atoms with Gasteiger partial charge in [0.2, 0.25) is 0 Å². The zero-order chi connectivity index (χ0) is 19.1. The molecule has 1 aliphatic rings. The van der Waals surface area contributed by atoms with E-state index in [9.17, 15) is 9.59 Å². The largest absolute Gasteiger partial charge is 0.352 e. The predicted octanol–water partition coefficient (Wildman–Crippen LogP) is 4.65. The van der Waals surface area contributed by atoms with Crippen LogP contribution in [-0.4, -0.2) is 23.2 Å². The number of allylic oxidation sites excluding steroid dienone is 1. The van der Waals surface area contributed by atoms with Crippen molar-refractivity contribution in [3.05, 3.63) is 65.4 Å². The molecule has 1 aliphatic carbocycles. The summed E-state index contributed by atoms with van der Waals surface area (Å²) in [4.78, 5) is 27.8. The van der Waals surface area contributed by atoms with Gasteiger partial charge in [0.05, 0.1) is 5.56 Å². The number of aromatic nitrogens is 1. The molecule has 0 fully saturated rings. The highest BCUT2D eigenvalue weighted by molar-refractivity contribution is 5.94. The number of amides is 1. The van der Waals surface area contributed by atoms with Crippen molar-refractivity contribution in [2.75, 3.05) is 11.9 Å². The molecule has 0 spiro atoms. The second-order valence-electron chi connectivity index (χ2n) is 6.80. The van der Waals surface area contributed by atoms with E-state index in [2.05, 4.69) is 21.7 Å². The average Bonchev–Trinajstić information content (AvgIpc) is 2.70. The minimum Gasteiger partial charge on any atom is -0.352 e. The van der Waals surface area contributed by atoms with Crippen LogP contribution in [0.25, 0.3) is 0 Å². The van der Waals surface area contributed by atoms with E-state index in [-0.39, 0.29) is 11.7 Å². The van der Waals surface area contributed by atoms with Crippen molar-refractivity contribution in [3.63, 3.8) is 0 Å². The van der Waals surface area contributed by atoms with Gasteiger partial charge in [0.15, 0.2) is 5.78 Å². The number of Topliss-reactive ketones (excluding diaryl/α,β-unsaturated/α-hetero) is 1. The number of pyridine rings is 1. The molecular formula is C22H25N3O2. The summed E-state index contributed by atoms with van der Waals surface area (Å²) in [5.74, 6) is 0.584. The number of ketones is 1. The molecule has 0 radical (unpaired) electrons. The highest BCUT2D eigenvalue weighted by Gasteiger charge is 2.08. The van der Waals surface area contributed by atoms with E-state index in [1.165, 1.54) is 24.8 Å². The maximum Gasteiger partial charge on any atom is 0.252 e. The van der Waals surface area contributed by atoms with Crippen LogP contribution in [0.15, 0.2) is 54.2 Å². The van der Waals surface area contributed by atoms with Crippen molar-refractivity contribution in [1.29, 1.82) is 0 Å². The molecule has 0 bridgehead atoms. The van der Waals surface area contributed by atoms with Crippen LogP contribution < -0.4 is 10.6 Å². The zero-order valence-corrected chi connectivity index (χ0v) is 15.6. The van der Waals surface area contributed by atoms with Gasteiger partial charge in [-0.1, -0.05) is 11.6 Å². The number of nitrogens with one attached hydrogen (secondary N) is 2. The number of benzene rings is 1. The van der Waals surface area contributed by atoms with Crippen molar-refractivity contribution >= 4 is 23.2 Å². The lowest BCUT2D eigenvalue weighted by Gasteiger charge is -2.13. The predicted molar refractivity (Wildman–Crippen MR) is 107 cm³/mol. The minimum absolute atomic E-state index is 0.0369. The molecule has 0 saturated heterocycles. The molecule has 2 aromatic rings. The SMILES string of the molecule is CC(=O)c1ccc(Nc2ccc(C(=O)NCCC3=CCCCC3)cn2)cc1. The molecule has 1 aromatic heterocycles. The van der Waals surface area contributed by atoms with Crippen LogP contribution in [0.5, 0.6) is 0 Å². The molecule has 1 amide bonds. The van der Waals surface area contributed by atoms with Crippen molar-refractivity contribution in [2.24, 2.45) is 0 Å². The van der Waals surface area contributed by atoms with Gasteiger partial charge in [-0.05, 0) is 75.4 Å². The summed E-state index contributed by atoms with van der Waals surface area (Å²) in [6.45, 7) is 2.20. The number of rotatable bonds is 7. The summed E-state index contributed by atoms with van der Waals surface area (Å²) in [5, 5.41) is 6.12. The number of carbonyl (C=O) groups excluding carboxylic acids is 2. The van der Waals surface area contributed by atoms with Crippen molar-refractivity contribution in [1.82, 2.24) is 10.3 Å². The molecule has 140 valence electrons. The smallest absolute Gasteiger partial charge is 0.252 e. The number of anilines is 2. The molecule has 27 heavy (non-hydrogen) atoms. The van der Waals surface area contributed by atoms with Gasteiger partial charge in [0.1, 0.15) is 5.82 Å². The molecule has 2 N–H and O–H groups in total. The first-order valence-electron chi connectivity index (χ1n) is 9.42. The van der Waals surface area contributed by atoms with E-state index in [0.29, 0.717) is 23.5 Å². The van der Waals surface area contributed by atoms with Crippen LogP contribution in [0.2, 0.25) is 0 Å². The Kier molecular flexibility index (Phi) is 6.36. The monoisotopic (exact) mass is 363 g/mol. The van der Waals surface area contributed by atoms with Gasteiger partial charge in [0.25, 0.3) is 5.91 Å². The lowest BCUT2D eigenvalue weighted by Crippen LogP contribution is -2.25. The van der Waals surface area contributed by atoms with Crippen LogP contribution in [0.1, 0.15) is 59.7 Å². The summed E-state index contributed by atoms with van der Waals surface area (Å²) >= 11 is 0. The fraction of sp³-hybridized carbons (Fsp3) is 0.318. The summed E-state index contributed by atoms with van der Waals surface area (Å²) in [5.41, 5.74) is 3.51. The summed E-state index contributed by atoms with van der Waals surface area (Å²) in [6.07, 6.45) is 9.67. The molecular weight excluding hydrogens is 338 g/mol. The first kappa shape index (κ1) is 18.8. The van der Waals surface area contributed by atoms with Crippen LogP contribution in [0, 0.1) is 0 Å². The third-order valence-corrected chi connectivity index (χ3v) is 4.71. The number of hydrogen-bond donors (Lipinski definition) is 2. The summed E-state index contributed by atoms with van der Waals surface area (Å²) < 4.78 is 0. The standard InChI is InChI=1S/C22H25N3O2/c1-16(26)18-7-10-20(11-8-18)25-21-12-9-19(15-24-21)22(27)23-14-13-17-5-3-2-4-6-17/h5,7-12,15H,2-4,6,13-14H2,1H3,(H,23,27)(H,24,25). The van der Waals surface area contributed by atoms with Crippen LogP contribution >= 0.6 is 0 Å². The van der Waals surface area contributed by atoms with Gasteiger partial charge in [-0.15, -0.1) is 0 Å². The zero-order valence-electron chi connectivity index (χ0n) is 15.6. The van der Waals surface area contributed by atoms with Gasteiger partial charge in [0, 0.05) is 24.0 Å². The molecule has 1 heterocycles. The van der Waals surface area contributed by atoms with E-state index < -0.39 is 0 Å². The van der Waals surface area contributed by atoms with Crippen LogP contribution in [0.4, 0.5) is 11.5 Å². The molecule has 3 rings (SSSR count). The van der Waals surface area contributed by atoms with Crippen LogP contribution in [-0.2, 0) is 0 Å². The Hall–Kier alpha value is -2.95. The number of hydrogen-bond acceptors (Lipinski definition) is 4. The Labute approximate surface area is 159 Å². The Morgan fingerprint density at radius 3 is 2.44 bits per heavy atom. The Balaban J connectivity index is 1.50. The van der Waals surface area contributed by atoms with E-state index in [4.69, 9.17) is 0 Å². The van der Waals surface area contributed by atoms with E-state index in [1.807, 2.05) is 12.1 Å². The summed E-state index contributed by atoms with van der Waals surface area (Å²) in [6, 6.07) is 10.7. The van der Waals surface area contributed by atoms with Gasteiger partial charge in [-0.2, -0.15) is 0 Å². The third-order valence-electron chi connectivity index (χ3n) is 4.71. The Bertz CT molecular complexity index is 824. The van der Waals surface area contributed by atoms with E-state index in [1.54, 1.807) is 37.4 Å². The minimum atomic E-state index is -0.101. The van der Waals surface area contributed by atoms with E-state index in [0.717, 1.165) is 18.5 Å². The molecule has 0 unspecified atom stereocenters. The molecule has 0 atom stereocenters. The topological polar surface area (TPSA) is 71.1 Å². The normalized spacial score (nSPS) is 13.6. The Morgan fingerprint density at radius 1 is 1.04 bits per heavy atom. The van der Waals surface area contributed by atoms with Crippen LogP contribution in [0.3, 0.4) is 0 Å². The molecule has 5 heteroatoms. The lowest BCUT2D eigenvalue weighted by atomic mass is 9.97. The van der Waals surface area contributed by atoms with Crippen molar-refractivity contribution < 1.29 is 9.59 Å². The molecule has 1 aromatic carbocycles. The quantitative estimate of drug-likeness (QED) is 0.555. The second-order valence-corrected chi connectivity index (χ2v) is 6.80. The summed E-state index contributed by atoms with van der Waals surface area (Å²) in [7, 11) is 0. The fourth-order valence-electron chi connectivity index (χ4n) is 3.11. The molecule has 5 nitrogen and oxygen atoms in total. The Morgan fingerprint density at radius 2 is 1.81 bits per heavy atom. The third kappa shape index (κ3) is 5.51. The maximum absolute atomic E-state index is 12.2. The van der Waals surface area contributed by atoms with Gasteiger partial charge in [-0.25, -0.2) is 4.98 Å². The molecule has 0 saturated carbocycles. The van der Waals surface area contributed by atoms with Crippen molar-refractivity contribution in [2.45, 2.75) is 39.0 Å². The van der Waals surface area contributed by atoms with Gasteiger partial charge in [-0.3, -0.25) is 9.59 Å². The average molecular weight is 363 g/mol. The van der Waals surface area contributed by atoms with Gasteiger partial charge < -0.3 is 10.6 Å². The highest BCUT2D eigenvalue weighted by Crippen LogP contribution is 2.19. The number of carbonyl (C=O) groups is 2. The highest BCUT2D eigenvalue weighted by atomic mass is 16.1. The first-order valence-corrected chi connectivity index (χ1v) is 9.42. The molecule has 0 aliphatic heterocycles. The number of nitrogens with zero attached hydrogens (tertiary/aromatic N) is 1. The first-order chi connectivity index (χ1) is 13.1. The maximum atomic E-state index is 12.2.